The zero-order valence-corrected chi connectivity index (χ0v) is 14.1. The Morgan fingerprint density at radius 3 is 2.50 bits per heavy atom. The number of aliphatic hydroxyl groups is 3. The van der Waals surface area contributed by atoms with E-state index < -0.39 is 24.5 Å². The molecular weight excluding hydrogens is 334 g/mol. The summed E-state index contributed by atoms with van der Waals surface area (Å²) >= 11 is 0. The molecule has 1 saturated heterocycles. The van der Waals surface area contributed by atoms with Crippen molar-refractivity contribution in [1.29, 1.82) is 0 Å². The summed E-state index contributed by atoms with van der Waals surface area (Å²) in [5.74, 6) is 0.151. The summed E-state index contributed by atoms with van der Waals surface area (Å²) in [7, 11) is 0. The molecule has 0 saturated carbocycles. The molecule has 0 bridgehead atoms. The Kier molecular flexibility index (Phi) is 4.42. The normalized spacial score (nSPS) is 26.3. The Morgan fingerprint density at radius 1 is 0.962 bits per heavy atom. The van der Waals surface area contributed by atoms with Crippen molar-refractivity contribution in [3.05, 3.63) is 65.9 Å². The SMILES string of the molecule is Oc1cccc2c1c(Cc1ccccc1)cn2[C@@H]1OC[C@@H](O)[C@H](O)[C@H]1O. The third-order valence-electron chi connectivity index (χ3n) is 4.90. The second-order valence-electron chi connectivity index (χ2n) is 6.67. The number of hydrogen-bond acceptors (Lipinski definition) is 5. The summed E-state index contributed by atoms with van der Waals surface area (Å²) in [6, 6.07) is 15.1. The summed E-state index contributed by atoms with van der Waals surface area (Å²) < 4.78 is 7.31. The number of rotatable bonds is 3. The van der Waals surface area contributed by atoms with Gasteiger partial charge in [0.05, 0.1) is 12.1 Å². The summed E-state index contributed by atoms with van der Waals surface area (Å²) in [6.45, 7) is -0.0740. The lowest BCUT2D eigenvalue weighted by atomic mass is 10.0. The van der Waals surface area contributed by atoms with Gasteiger partial charge in [-0.2, -0.15) is 0 Å². The lowest BCUT2D eigenvalue weighted by molar-refractivity contribution is -0.209. The first-order valence-corrected chi connectivity index (χ1v) is 8.57. The van der Waals surface area contributed by atoms with E-state index in [0.717, 1.165) is 11.1 Å². The molecule has 2 aromatic carbocycles. The molecule has 6 nitrogen and oxygen atoms in total. The first-order valence-electron chi connectivity index (χ1n) is 8.57. The van der Waals surface area contributed by atoms with Gasteiger partial charge in [0.1, 0.15) is 24.1 Å². The van der Waals surface area contributed by atoms with Crippen molar-refractivity contribution in [1.82, 2.24) is 4.57 Å². The van der Waals surface area contributed by atoms with E-state index >= 15 is 0 Å². The lowest BCUT2D eigenvalue weighted by Crippen LogP contribution is -2.50. The van der Waals surface area contributed by atoms with Crippen LogP contribution in [-0.4, -0.2) is 49.9 Å². The van der Waals surface area contributed by atoms with Gasteiger partial charge < -0.3 is 29.7 Å². The fourth-order valence-corrected chi connectivity index (χ4v) is 3.57. The number of phenolic OH excluding ortho intramolecular Hbond substituents is 1. The minimum absolute atomic E-state index is 0.0740. The molecule has 0 aliphatic carbocycles. The first-order chi connectivity index (χ1) is 12.6. The van der Waals surface area contributed by atoms with E-state index in [1.165, 1.54) is 0 Å². The van der Waals surface area contributed by atoms with Crippen LogP contribution in [0.1, 0.15) is 17.4 Å². The van der Waals surface area contributed by atoms with Crippen LogP contribution in [0.2, 0.25) is 0 Å². The third-order valence-corrected chi connectivity index (χ3v) is 4.90. The van der Waals surface area contributed by atoms with Crippen LogP contribution in [0.15, 0.2) is 54.7 Å². The Labute approximate surface area is 150 Å². The van der Waals surface area contributed by atoms with Crippen molar-refractivity contribution < 1.29 is 25.2 Å². The molecular formula is C20H21NO5. The molecule has 0 radical (unpaired) electrons. The number of phenols is 1. The van der Waals surface area contributed by atoms with Crippen LogP contribution < -0.4 is 0 Å². The number of ether oxygens (including phenoxy) is 1. The van der Waals surface area contributed by atoms with Crippen LogP contribution in [-0.2, 0) is 11.2 Å². The van der Waals surface area contributed by atoms with Crippen LogP contribution in [0.25, 0.3) is 10.9 Å². The summed E-state index contributed by atoms with van der Waals surface area (Å²) in [6.07, 6.45) is -2.10. The van der Waals surface area contributed by atoms with Crippen LogP contribution in [0.5, 0.6) is 5.75 Å². The molecule has 2 heterocycles. The monoisotopic (exact) mass is 355 g/mol. The smallest absolute Gasteiger partial charge is 0.162 e. The third kappa shape index (κ3) is 2.87. The number of fused-ring (bicyclic) bond motifs is 1. The number of hydrogen-bond donors (Lipinski definition) is 4. The standard InChI is InChI=1S/C20H21NO5/c22-15-8-4-7-14-17(15)13(9-12-5-2-1-3-6-12)10-21(14)20-19(25)18(24)16(23)11-26-20/h1-8,10,16,18-20,22-25H,9,11H2/t16-,18+,19-,20-/m1/s1. The van der Waals surface area contributed by atoms with Crippen molar-refractivity contribution in [3.63, 3.8) is 0 Å². The minimum atomic E-state index is -1.29. The van der Waals surface area contributed by atoms with Gasteiger partial charge >= 0.3 is 0 Å². The highest BCUT2D eigenvalue weighted by atomic mass is 16.5. The fraction of sp³-hybridized carbons (Fsp3) is 0.300. The van der Waals surface area contributed by atoms with Crippen LogP contribution in [0.4, 0.5) is 0 Å². The zero-order valence-electron chi connectivity index (χ0n) is 14.1. The van der Waals surface area contributed by atoms with E-state index in [1.54, 1.807) is 16.7 Å². The highest BCUT2D eigenvalue weighted by molar-refractivity contribution is 5.90. The molecule has 1 aliphatic rings. The Bertz CT molecular complexity index is 907. The maximum atomic E-state index is 10.4. The summed E-state index contributed by atoms with van der Waals surface area (Å²) in [4.78, 5) is 0. The number of aromatic hydroxyl groups is 1. The van der Waals surface area contributed by atoms with Crippen molar-refractivity contribution in [2.45, 2.75) is 31.0 Å². The maximum Gasteiger partial charge on any atom is 0.162 e. The van der Waals surface area contributed by atoms with Gasteiger partial charge in [-0.1, -0.05) is 36.4 Å². The van der Waals surface area contributed by atoms with Gasteiger partial charge in [-0.05, 0) is 29.7 Å². The number of aromatic nitrogens is 1. The number of benzene rings is 2. The van der Waals surface area contributed by atoms with Crippen molar-refractivity contribution >= 4 is 10.9 Å². The van der Waals surface area contributed by atoms with Gasteiger partial charge in [0.2, 0.25) is 0 Å². The Balaban J connectivity index is 1.80. The van der Waals surface area contributed by atoms with Crippen molar-refractivity contribution in [2.24, 2.45) is 0 Å². The molecule has 4 N–H and O–H groups in total. The van der Waals surface area contributed by atoms with Gasteiger partial charge in [0, 0.05) is 11.6 Å². The van der Waals surface area contributed by atoms with E-state index in [0.29, 0.717) is 17.3 Å². The van der Waals surface area contributed by atoms with E-state index in [2.05, 4.69) is 0 Å². The van der Waals surface area contributed by atoms with Gasteiger partial charge in [-0.3, -0.25) is 0 Å². The van der Waals surface area contributed by atoms with Crippen molar-refractivity contribution in [2.75, 3.05) is 6.61 Å². The van der Waals surface area contributed by atoms with E-state index in [1.807, 2.05) is 42.6 Å². The van der Waals surface area contributed by atoms with Gasteiger partial charge in [0.15, 0.2) is 6.23 Å². The minimum Gasteiger partial charge on any atom is -0.507 e. The molecule has 1 fully saturated rings. The van der Waals surface area contributed by atoms with Gasteiger partial charge in [-0.25, -0.2) is 0 Å². The van der Waals surface area contributed by atoms with Crippen LogP contribution in [0, 0.1) is 0 Å². The summed E-state index contributed by atoms with van der Waals surface area (Å²) in [5, 5.41) is 41.1. The molecule has 0 amide bonds. The number of nitrogens with zero attached hydrogens (tertiary/aromatic N) is 1. The molecule has 26 heavy (non-hydrogen) atoms. The molecule has 0 spiro atoms. The average Bonchev–Trinajstić information content (AvgIpc) is 3.00. The second kappa shape index (κ2) is 6.74. The summed E-state index contributed by atoms with van der Waals surface area (Å²) in [5.41, 5.74) is 2.68. The van der Waals surface area contributed by atoms with E-state index in [9.17, 15) is 20.4 Å². The molecule has 6 heteroatoms. The number of aliphatic hydroxyl groups excluding tert-OH is 3. The molecule has 3 aromatic rings. The van der Waals surface area contributed by atoms with Gasteiger partial charge in [-0.15, -0.1) is 0 Å². The quantitative estimate of drug-likeness (QED) is 0.572. The highest BCUT2D eigenvalue weighted by Gasteiger charge is 2.39. The molecule has 1 aliphatic heterocycles. The molecule has 1 aromatic heterocycles. The predicted molar refractivity (Wildman–Crippen MR) is 95.9 cm³/mol. The van der Waals surface area contributed by atoms with Crippen molar-refractivity contribution in [3.8, 4) is 5.75 Å². The van der Waals surface area contributed by atoms with Gasteiger partial charge in [0.25, 0.3) is 0 Å². The predicted octanol–water partition coefficient (Wildman–Crippen LogP) is 1.55. The lowest BCUT2D eigenvalue weighted by Gasteiger charge is -2.36. The largest absolute Gasteiger partial charge is 0.507 e. The molecule has 136 valence electrons. The van der Waals surface area contributed by atoms with E-state index in [4.69, 9.17) is 4.74 Å². The maximum absolute atomic E-state index is 10.4. The van der Waals surface area contributed by atoms with Crippen LogP contribution >= 0.6 is 0 Å². The Hall–Kier alpha value is -2.38. The average molecular weight is 355 g/mol. The van der Waals surface area contributed by atoms with E-state index in [-0.39, 0.29) is 12.4 Å². The molecule has 4 rings (SSSR count). The zero-order chi connectivity index (χ0) is 18.3. The topological polar surface area (TPSA) is 95.1 Å². The molecule has 0 unspecified atom stereocenters. The van der Waals surface area contributed by atoms with Crippen LogP contribution in [0.3, 0.4) is 0 Å². The Morgan fingerprint density at radius 2 is 1.73 bits per heavy atom. The fourth-order valence-electron chi connectivity index (χ4n) is 3.57. The highest BCUT2D eigenvalue weighted by Crippen LogP contribution is 2.35. The second-order valence-corrected chi connectivity index (χ2v) is 6.67. The molecule has 4 atom stereocenters. The first kappa shape index (κ1) is 17.1.